The van der Waals surface area contributed by atoms with Gasteiger partial charge in [0, 0.05) is 5.03 Å². The van der Waals surface area contributed by atoms with Crippen LogP contribution in [0, 0.1) is 0 Å². The van der Waals surface area contributed by atoms with Crippen LogP contribution >= 0.6 is 34.8 Å². The van der Waals surface area contributed by atoms with Crippen molar-refractivity contribution in [2.45, 2.75) is 11.2 Å². The second-order valence-corrected chi connectivity index (χ2v) is 3.58. The van der Waals surface area contributed by atoms with Crippen LogP contribution in [0.5, 0.6) is 0 Å². The Hall–Kier alpha value is 0.270. The summed E-state index contributed by atoms with van der Waals surface area (Å²) in [6.45, 7) is 0. The van der Waals surface area contributed by atoms with Gasteiger partial charge in [0.1, 0.15) is 6.10 Å². The van der Waals surface area contributed by atoms with Crippen molar-refractivity contribution in [1.82, 2.24) is 0 Å². The molecule has 0 radical (unpaired) electrons. The quantitative estimate of drug-likeness (QED) is 0.602. The molecular weight excluding hydrogens is 210 g/mol. The maximum absolute atomic E-state index is 9.24. The van der Waals surface area contributed by atoms with Gasteiger partial charge in [0.15, 0.2) is 0 Å². The van der Waals surface area contributed by atoms with E-state index in [1.54, 1.807) is 0 Å². The summed E-state index contributed by atoms with van der Waals surface area (Å²) in [6, 6.07) is 0. The van der Waals surface area contributed by atoms with Crippen LogP contribution in [0.1, 0.15) is 0 Å². The zero-order valence-corrected chi connectivity index (χ0v) is 7.53. The van der Waals surface area contributed by atoms with Crippen molar-refractivity contribution in [2.75, 3.05) is 0 Å². The minimum atomic E-state index is -1.93. The molecule has 2 unspecified atom stereocenters. The van der Waals surface area contributed by atoms with Gasteiger partial charge in [-0.1, -0.05) is 34.8 Å². The third-order valence-electron chi connectivity index (χ3n) is 1.31. The Labute approximate surface area is 78.7 Å². The Kier molecular flexibility index (Phi) is 2.52. The molecule has 0 amide bonds. The molecule has 0 saturated heterocycles. The topological polar surface area (TPSA) is 40.5 Å². The first-order valence-electron chi connectivity index (χ1n) is 2.79. The molecule has 5 heteroatoms. The third-order valence-corrected chi connectivity index (χ3v) is 2.46. The average molecular weight is 215 g/mol. The van der Waals surface area contributed by atoms with Crippen LogP contribution in [-0.2, 0) is 0 Å². The van der Waals surface area contributed by atoms with Crippen molar-refractivity contribution in [3.05, 3.63) is 22.2 Å². The third kappa shape index (κ3) is 1.71. The lowest BCUT2D eigenvalue weighted by atomic mass is 10.1. The normalized spacial score (nSPS) is 38.1. The summed E-state index contributed by atoms with van der Waals surface area (Å²) in [5.41, 5.74) is 0. The molecule has 62 valence electrons. The number of hydrogen-bond donors (Lipinski definition) is 2. The van der Waals surface area contributed by atoms with Crippen molar-refractivity contribution < 1.29 is 10.2 Å². The van der Waals surface area contributed by atoms with Gasteiger partial charge in [-0.25, -0.2) is 0 Å². The molecule has 0 aromatic heterocycles. The van der Waals surface area contributed by atoms with Crippen LogP contribution in [0.2, 0.25) is 0 Å². The van der Waals surface area contributed by atoms with E-state index in [0.29, 0.717) is 0 Å². The van der Waals surface area contributed by atoms with E-state index in [1.807, 2.05) is 0 Å². The molecule has 0 bridgehead atoms. The monoisotopic (exact) mass is 214 g/mol. The fourth-order valence-corrected chi connectivity index (χ4v) is 1.30. The van der Waals surface area contributed by atoms with Gasteiger partial charge in [0.2, 0.25) is 5.06 Å². The number of halogens is 3. The molecule has 0 spiro atoms. The lowest BCUT2D eigenvalue weighted by molar-refractivity contribution is 0.0442. The van der Waals surface area contributed by atoms with E-state index in [0.717, 1.165) is 0 Å². The molecule has 1 rings (SSSR count). The first-order chi connectivity index (χ1) is 4.94. The lowest BCUT2D eigenvalue weighted by Crippen LogP contribution is -2.37. The Bertz CT molecular complexity index is 232. The Balaban J connectivity index is 3.01. The fraction of sp³-hybridized carbons (Fsp3) is 0.333. The van der Waals surface area contributed by atoms with Crippen molar-refractivity contribution >= 4 is 34.8 Å². The van der Waals surface area contributed by atoms with Crippen LogP contribution < -0.4 is 0 Å². The van der Waals surface area contributed by atoms with E-state index in [2.05, 4.69) is 0 Å². The highest BCUT2D eigenvalue weighted by molar-refractivity contribution is 6.41. The van der Waals surface area contributed by atoms with E-state index >= 15 is 0 Å². The van der Waals surface area contributed by atoms with Gasteiger partial charge in [-0.15, -0.1) is 0 Å². The van der Waals surface area contributed by atoms with Crippen molar-refractivity contribution in [3.8, 4) is 0 Å². The van der Waals surface area contributed by atoms with E-state index in [4.69, 9.17) is 39.9 Å². The Morgan fingerprint density at radius 3 is 2.45 bits per heavy atom. The molecule has 0 saturated carbocycles. The second-order valence-electron chi connectivity index (χ2n) is 2.16. The van der Waals surface area contributed by atoms with Gasteiger partial charge >= 0.3 is 0 Å². The molecule has 2 atom stereocenters. The fourth-order valence-electron chi connectivity index (χ4n) is 0.673. The molecule has 2 N–H and O–H groups in total. The van der Waals surface area contributed by atoms with Crippen LogP contribution in [0.25, 0.3) is 0 Å². The Morgan fingerprint density at radius 2 is 2.00 bits per heavy atom. The lowest BCUT2D eigenvalue weighted by Gasteiger charge is -2.26. The van der Waals surface area contributed by atoms with Gasteiger partial charge in [-0.2, -0.15) is 0 Å². The predicted octanol–water partition coefficient (Wildman–Crippen LogP) is 1.53. The zero-order chi connectivity index (χ0) is 8.65. The SMILES string of the molecule is OC1C=C(Cl)C=C(Cl)C1(O)Cl. The molecule has 0 aromatic rings. The Morgan fingerprint density at radius 1 is 1.45 bits per heavy atom. The summed E-state index contributed by atoms with van der Waals surface area (Å²) < 4.78 is 0. The summed E-state index contributed by atoms with van der Waals surface area (Å²) in [5, 5.41) is 16.6. The van der Waals surface area contributed by atoms with Crippen LogP contribution in [0.3, 0.4) is 0 Å². The molecule has 0 aliphatic heterocycles. The largest absolute Gasteiger partial charge is 0.384 e. The highest BCUT2D eigenvalue weighted by atomic mass is 35.5. The van der Waals surface area contributed by atoms with E-state index in [1.165, 1.54) is 12.2 Å². The molecule has 0 fully saturated rings. The molecule has 11 heavy (non-hydrogen) atoms. The number of allylic oxidation sites excluding steroid dienone is 2. The van der Waals surface area contributed by atoms with Crippen LogP contribution in [-0.4, -0.2) is 21.4 Å². The van der Waals surface area contributed by atoms with Gasteiger partial charge in [-0.05, 0) is 12.2 Å². The van der Waals surface area contributed by atoms with Crippen molar-refractivity contribution in [1.29, 1.82) is 0 Å². The number of alkyl halides is 1. The summed E-state index contributed by atoms with van der Waals surface area (Å²) in [4.78, 5) is 0. The molecule has 0 aromatic carbocycles. The minimum Gasteiger partial charge on any atom is -0.384 e. The van der Waals surface area contributed by atoms with Gasteiger partial charge in [0.05, 0.1) is 5.03 Å². The molecule has 1 aliphatic carbocycles. The van der Waals surface area contributed by atoms with E-state index in [-0.39, 0.29) is 10.1 Å². The number of rotatable bonds is 0. The number of hydrogen-bond acceptors (Lipinski definition) is 2. The van der Waals surface area contributed by atoms with Crippen molar-refractivity contribution in [3.63, 3.8) is 0 Å². The summed E-state index contributed by atoms with van der Waals surface area (Å²) >= 11 is 16.4. The van der Waals surface area contributed by atoms with Gasteiger partial charge in [-0.3, -0.25) is 0 Å². The van der Waals surface area contributed by atoms with Gasteiger partial charge in [0.25, 0.3) is 0 Å². The average Bonchev–Trinajstić information content (AvgIpc) is 1.84. The first-order valence-corrected chi connectivity index (χ1v) is 3.92. The van der Waals surface area contributed by atoms with Crippen LogP contribution in [0.15, 0.2) is 22.2 Å². The highest BCUT2D eigenvalue weighted by Crippen LogP contribution is 2.35. The summed E-state index contributed by atoms with van der Waals surface area (Å²) in [7, 11) is 0. The molecule has 2 nitrogen and oxygen atoms in total. The van der Waals surface area contributed by atoms with Crippen LogP contribution in [0.4, 0.5) is 0 Å². The minimum absolute atomic E-state index is 0.0841. The second kappa shape index (κ2) is 2.96. The summed E-state index contributed by atoms with van der Waals surface area (Å²) in [5.74, 6) is 0. The first kappa shape index (κ1) is 9.36. The number of aliphatic hydroxyl groups is 2. The summed E-state index contributed by atoms with van der Waals surface area (Å²) in [6.07, 6.45) is 1.22. The predicted molar refractivity (Wildman–Crippen MR) is 44.7 cm³/mol. The number of aliphatic hydroxyl groups excluding tert-OH is 1. The van der Waals surface area contributed by atoms with Crippen molar-refractivity contribution in [2.24, 2.45) is 0 Å². The molecular formula is C6H5Cl3O2. The highest BCUT2D eigenvalue weighted by Gasteiger charge is 2.38. The van der Waals surface area contributed by atoms with E-state index in [9.17, 15) is 5.11 Å². The zero-order valence-electron chi connectivity index (χ0n) is 5.26. The maximum Gasteiger partial charge on any atom is 0.204 e. The maximum atomic E-state index is 9.24. The molecule has 1 aliphatic rings. The van der Waals surface area contributed by atoms with Gasteiger partial charge < -0.3 is 10.2 Å². The smallest absolute Gasteiger partial charge is 0.204 e. The molecule has 0 heterocycles. The standard InChI is InChI=1S/C6H5Cl3O2/c7-3-1-4(8)6(9,11)5(10)2-3/h1-2,5,10-11H. The van der Waals surface area contributed by atoms with E-state index < -0.39 is 11.2 Å².